The third-order valence-electron chi connectivity index (χ3n) is 3.58. The van der Waals surface area contributed by atoms with Gasteiger partial charge in [-0.25, -0.2) is 4.79 Å². The van der Waals surface area contributed by atoms with Crippen molar-refractivity contribution in [1.29, 1.82) is 0 Å². The zero-order chi connectivity index (χ0) is 21.5. The van der Waals surface area contributed by atoms with Gasteiger partial charge in [0.05, 0.1) is 5.56 Å². The summed E-state index contributed by atoms with van der Waals surface area (Å²) < 4.78 is 5.35. The number of carboxylic acids is 1. The summed E-state index contributed by atoms with van der Waals surface area (Å²) in [7, 11) is 0. The summed E-state index contributed by atoms with van der Waals surface area (Å²) in [5.41, 5.74) is 3.30. The summed E-state index contributed by atoms with van der Waals surface area (Å²) in [5.74, 6) is -0.388. The first-order chi connectivity index (χ1) is 13.5. The van der Waals surface area contributed by atoms with E-state index < -0.39 is 5.97 Å². The zero-order valence-corrected chi connectivity index (χ0v) is 17.5. The van der Waals surface area contributed by atoms with Crippen LogP contribution in [0.25, 0.3) is 23.4 Å². The Morgan fingerprint density at radius 2 is 1.93 bits per heavy atom. The summed E-state index contributed by atoms with van der Waals surface area (Å²) in [4.78, 5) is 11.1. The lowest BCUT2D eigenvalue weighted by Gasteiger charge is -2.00. The largest absolute Gasteiger partial charge is 0.478 e. The van der Waals surface area contributed by atoms with Gasteiger partial charge in [0.2, 0.25) is 0 Å². The molecule has 0 aliphatic carbocycles. The maximum Gasteiger partial charge on any atom is 0.335 e. The van der Waals surface area contributed by atoms with E-state index in [0.29, 0.717) is 17.0 Å². The average molecular weight is 382 g/mol. The van der Waals surface area contributed by atoms with Crippen molar-refractivity contribution in [2.24, 2.45) is 0 Å². The first-order valence-electron chi connectivity index (χ1n) is 9.36. The third kappa shape index (κ3) is 7.62. The Balaban J connectivity index is 0.00000108. The second-order valence-corrected chi connectivity index (χ2v) is 5.46. The molecule has 2 aromatic rings. The van der Waals surface area contributed by atoms with Crippen LogP contribution < -0.4 is 0 Å². The topological polar surface area (TPSA) is 63.3 Å². The smallest absolute Gasteiger partial charge is 0.335 e. The lowest BCUT2D eigenvalue weighted by Crippen LogP contribution is -1.96. The van der Waals surface area contributed by atoms with Crippen LogP contribution in [0.1, 0.15) is 62.7 Å². The highest BCUT2D eigenvalue weighted by Crippen LogP contribution is 2.28. The molecular weight excluding hydrogens is 350 g/mol. The quantitative estimate of drug-likeness (QED) is 0.422. The molecule has 150 valence electrons. The second-order valence-electron chi connectivity index (χ2n) is 5.46. The predicted octanol–water partition coefficient (Wildman–Crippen LogP) is 7.27. The molecule has 0 aliphatic rings. The van der Waals surface area contributed by atoms with Crippen LogP contribution >= 0.6 is 0 Å². The van der Waals surface area contributed by atoms with Gasteiger partial charge in [-0.3, -0.25) is 0 Å². The lowest BCUT2D eigenvalue weighted by atomic mass is 10.0. The molecule has 0 amide bonds. The van der Waals surface area contributed by atoms with E-state index in [-0.39, 0.29) is 5.56 Å². The van der Waals surface area contributed by atoms with Crippen LogP contribution in [0.2, 0.25) is 0 Å². The number of carboxylic acid groups (broad SMARTS) is 1. The molecule has 0 saturated carbocycles. The van der Waals surface area contributed by atoms with E-state index in [9.17, 15) is 4.79 Å². The minimum absolute atomic E-state index is 0.206. The Kier molecular flexibility index (Phi) is 12.4. The van der Waals surface area contributed by atoms with Crippen molar-refractivity contribution in [2.45, 2.75) is 41.0 Å². The predicted molar refractivity (Wildman–Crippen MR) is 119 cm³/mol. The molecule has 0 saturated heterocycles. The number of aromatic nitrogens is 1. The minimum atomic E-state index is -0.977. The van der Waals surface area contributed by atoms with E-state index in [2.05, 4.69) is 25.2 Å². The van der Waals surface area contributed by atoms with Gasteiger partial charge >= 0.3 is 5.97 Å². The Bertz CT molecular complexity index is 826. The van der Waals surface area contributed by atoms with Gasteiger partial charge in [0.1, 0.15) is 5.69 Å². The standard InChI is InChI=1S/C18H17NO3.C4H8.C2H6/c1-4-12(3)9-10-16-15(5-2)17(19-22-16)13-7-6-8-14(11-13)18(20)21;1-3-4-2;1-2/h4-11H,2H2,1,3H3,(H,20,21);3H,1,4H2,2H3;1-2H3/b10-9+,12-4+;;. The van der Waals surface area contributed by atoms with Crippen LogP contribution in [0.5, 0.6) is 0 Å². The van der Waals surface area contributed by atoms with Crippen molar-refractivity contribution in [2.75, 3.05) is 0 Å². The Morgan fingerprint density at radius 1 is 1.29 bits per heavy atom. The first-order valence-corrected chi connectivity index (χ1v) is 9.36. The van der Waals surface area contributed by atoms with Crippen molar-refractivity contribution in [1.82, 2.24) is 5.16 Å². The van der Waals surface area contributed by atoms with Gasteiger partial charge in [0, 0.05) is 11.1 Å². The molecule has 0 bridgehead atoms. The van der Waals surface area contributed by atoms with Crippen LogP contribution in [-0.2, 0) is 0 Å². The van der Waals surface area contributed by atoms with Gasteiger partial charge in [-0.2, -0.15) is 0 Å². The number of hydrogen-bond donors (Lipinski definition) is 1. The first kappa shape index (κ1) is 24.9. The van der Waals surface area contributed by atoms with Crippen LogP contribution in [0.15, 0.2) is 65.7 Å². The molecule has 4 heteroatoms. The van der Waals surface area contributed by atoms with E-state index in [0.717, 1.165) is 17.6 Å². The Morgan fingerprint density at radius 3 is 2.43 bits per heavy atom. The van der Waals surface area contributed by atoms with Crippen molar-refractivity contribution in [3.8, 4) is 11.3 Å². The monoisotopic (exact) mass is 381 g/mol. The number of rotatable bonds is 6. The van der Waals surface area contributed by atoms with Gasteiger partial charge in [-0.15, -0.1) is 6.58 Å². The van der Waals surface area contributed by atoms with Gasteiger partial charge in [-0.05, 0) is 38.5 Å². The van der Waals surface area contributed by atoms with Gasteiger partial charge in [0.15, 0.2) is 5.76 Å². The molecule has 4 nitrogen and oxygen atoms in total. The molecule has 0 aliphatic heterocycles. The van der Waals surface area contributed by atoms with E-state index in [1.807, 2.05) is 52.0 Å². The number of benzene rings is 1. The fourth-order valence-electron chi connectivity index (χ4n) is 1.94. The summed E-state index contributed by atoms with van der Waals surface area (Å²) in [6.45, 7) is 17.3. The molecule has 1 aromatic carbocycles. The molecule has 2 rings (SSSR count). The van der Waals surface area contributed by atoms with Crippen molar-refractivity contribution < 1.29 is 14.4 Å². The van der Waals surface area contributed by atoms with Crippen molar-refractivity contribution >= 4 is 18.1 Å². The number of carbonyl (C=O) groups is 1. The van der Waals surface area contributed by atoms with Crippen LogP contribution in [0.3, 0.4) is 0 Å². The molecule has 28 heavy (non-hydrogen) atoms. The number of nitrogens with zero attached hydrogens (tertiary/aromatic N) is 1. The maximum atomic E-state index is 11.1. The van der Waals surface area contributed by atoms with Crippen molar-refractivity contribution in [3.05, 3.63) is 78.1 Å². The fraction of sp³-hybridized carbons (Fsp3) is 0.250. The highest BCUT2D eigenvalue weighted by Gasteiger charge is 2.14. The van der Waals surface area contributed by atoms with E-state index in [4.69, 9.17) is 9.63 Å². The molecule has 0 atom stereocenters. The summed E-state index contributed by atoms with van der Waals surface area (Å²) >= 11 is 0. The second kappa shape index (κ2) is 14.0. The lowest BCUT2D eigenvalue weighted by molar-refractivity contribution is 0.0697. The molecule has 1 aromatic heterocycles. The number of allylic oxidation sites excluding steroid dienone is 4. The number of aromatic carboxylic acids is 1. The fourth-order valence-corrected chi connectivity index (χ4v) is 1.94. The zero-order valence-electron chi connectivity index (χ0n) is 17.5. The Hall–Kier alpha value is -3.14. The Labute approximate surface area is 168 Å². The minimum Gasteiger partial charge on any atom is -0.478 e. The van der Waals surface area contributed by atoms with E-state index >= 15 is 0 Å². The van der Waals surface area contributed by atoms with E-state index in [1.54, 1.807) is 24.3 Å². The van der Waals surface area contributed by atoms with Gasteiger partial charge in [0.25, 0.3) is 0 Å². The molecule has 0 spiro atoms. The molecule has 0 unspecified atom stereocenters. The molecule has 0 radical (unpaired) electrons. The SMILES string of the molecule is C=CCC.C=Cc1c(-c2cccc(C(=O)O)c2)noc1/C=C/C(C)=C/C.CC. The summed E-state index contributed by atoms with van der Waals surface area (Å²) in [6.07, 6.45) is 10.3. The van der Waals surface area contributed by atoms with Crippen LogP contribution in [0.4, 0.5) is 0 Å². The highest BCUT2D eigenvalue weighted by atomic mass is 16.5. The van der Waals surface area contributed by atoms with Gasteiger partial charge in [-0.1, -0.05) is 74.5 Å². The van der Waals surface area contributed by atoms with Crippen LogP contribution in [0, 0.1) is 0 Å². The normalized spacial score (nSPS) is 10.4. The summed E-state index contributed by atoms with van der Waals surface area (Å²) in [6, 6.07) is 6.58. The third-order valence-corrected chi connectivity index (χ3v) is 3.58. The van der Waals surface area contributed by atoms with Gasteiger partial charge < -0.3 is 9.63 Å². The molecule has 1 heterocycles. The summed E-state index contributed by atoms with van der Waals surface area (Å²) in [5, 5.41) is 13.1. The molecular formula is C24H31NO3. The average Bonchev–Trinajstić information content (AvgIpc) is 3.16. The maximum absolute atomic E-state index is 11.1. The number of hydrogen-bond acceptors (Lipinski definition) is 3. The van der Waals surface area contributed by atoms with E-state index in [1.165, 1.54) is 6.07 Å². The van der Waals surface area contributed by atoms with Crippen molar-refractivity contribution in [3.63, 3.8) is 0 Å². The highest BCUT2D eigenvalue weighted by molar-refractivity contribution is 5.90. The molecule has 1 N–H and O–H groups in total. The van der Waals surface area contributed by atoms with Crippen LogP contribution in [-0.4, -0.2) is 16.2 Å². The molecule has 0 fully saturated rings.